The van der Waals surface area contributed by atoms with Crippen LogP contribution in [0.4, 0.5) is 0 Å². The van der Waals surface area contributed by atoms with Crippen LogP contribution < -0.4 is 0 Å². The van der Waals surface area contributed by atoms with Crippen LogP contribution in [0.1, 0.15) is 31.6 Å². The standard InChI is InChI=1S/C7H10NOS/c1-2-3-7(9)6-4-5-10-8-6/h4-5,7H,2-3H2,1H3. The van der Waals surface area contributed by atoms with Crippen LogP contribution in [0.25, 0.3) is 0 Å². The molecule has 0 amide bonds. The SMILES string of the molecule is CCCC([O])c1ccsn1. The van der Waals surface area contributed by atoms with Gasteiger partial charge in [0.25, 0.3) is 0 Å². The van der Waals surface area contributed by atoms with Gasteiger partial charge in [-0.2, -0.15) is 4.37 Å². The molecule has 10 heavy (non-hydrogen) atoms. The second kappa shape index (κ2) is 3.68. The molecule has 1 rings (SSSR count). The van der Waals surface area contributed by atoms with E-state index in [-0.39, 0.29) is 0 Å². The molecule has 0 saturated carbocycles. The van der Waals surface area contributed by atoms with Crippen molar-refractivity contribution in [2.24, 2.45) is 0 Å². The van der Waals surface area contributed by atoms with Gasteiger partial charge in [-0.15, -0.1) is 0 Å². The van der Waals surface area contributed by atoms with E-state index in [0.717, 1.165) is 6.42 Å². The molecule has 3 heteroatoms. The van der Waals surface area contributed by atoms with Crippen LogP contribution in [0, 0.1) is 0 Å². The zero-order valence-electron chi connectivity index (χ0n) is 5.91. The van der Waals surface area contributed by atoms with Gasteiger partial charge in [-0.1, -0.05) is 13.3 Å². The molecule has 1 unspecified atom stereocenters. The monoisotopic (exact) mass is 156 g/mol. The average Bonchev–Trinajstić information content (AvgIpc) is 2.38. The Morgan fingerprint density at radius 1 is 1.80 bits per heavy atom. The van der Waals surface area contributed by atoms with E-state index in [0.29, 0.717) is 12.1 Å². The summed E-state index contributed by atoms with van der Waals surface area (Å²) in [5.41, 5.74) is 0.701. The number of rotatable bonds is 3. The van der Waals surface area contributed by atoms with Crippen LogP contribution in [0.3, 0.4) is 0 Å². The van der Waals surface area contributed by atoms with E-state index in [1.54, 1.807) is 6.07 Å². The van der Waals surface area contributed by atoms with Gasteiger partial charge in [0, 0.05) is 5.38 Å². The predicted octanol–water partition coefficient (Wildman–Crippen LogP) is 2.41. The van der Waals surface area contributed by atoms with Gasteiger partial charge in [0.2, 0.25) is 0 Å². The zero-order valence-corrected chi connectivity index (χ0v) is 6.73. The summed E-state index contributed by atoms with van der Waals surface area (Å²) in [4.78, 5) is 0. The summed E-state index contributed by atoms with van der Waals surface area (Å²) in [5.74, 6) is 0. The summed E-state index contributed by atoms with van der Waals surface area (Å²) < 4.78 is 3.96. The fraction of sp³-hybridized carbons (Fsp3) is 0.571. The van der Waals surface area contributed by atoms with Gasteiger partial charge in [-0.25, -0.2) is 5.11 Å². The molecule has 1 aromatic heterocycles. The molecule has 0 aliphatic heterocycles. The molecule has 2 nitrogen and oxygen atoms in total. The highest BCUT2D eigenvalue weighted by atomic mass is 32.1. The zero-order chi connectivity index (χ0) is 7.40. The van der Waals surface area contributed by atoms with Crippen molar-refractivity contribution in [3.05, 3.63) is 17.1 Å². The van der Waals surface area contributed by atoms with Gasteiger partial charge in [-0.3, -0.25) is 0 Å². The van der Waals surface area contributed by atoms with Crippen molar-refractivity contribution >= 4 is 11.5 Å². The molecule has 55 valence electrons. The lowest BCUT2D eigenvalue weighted by atomic mass is 10.1. The van der Waals surface area contributed by atoms with Crippen LogP contribution in [0.15, 0.2) is 11.4 Å². The molecule has 0 bridgehead atoms. The molecule has 0 N–H and O–H groups in total. The first-order valence-electron chi connectivity index (χ1n) is 3.40. The van der Waals surface area contributed by atoms with E-state index in [1.165, 1.54) is 11.5 Å². The van der Waals surface area contributed by atoms with Crippen LogP contribution in [-0.4, -0.2) is 4.37 Å². The molecule has 0 saturated heterocycles. The molecule has 1 radical (unpaired) electrons. The average molecular weight is 156 g/mol. The molecule has 1 atom stereocenters. The first-order valence-corrected chi connectivity index (χ1v) is 4.24. The van der Waals surface area contributed by atoms with E-state index in [9.17, 15) is 5.11 Å². The summed E-state index contributed by atoms with van der Waals surface area (Å²) >= 11 is 1.34. The number of hydrogen-bond acceptors (Lipinski definition) is 2. The van der Waals surface area contributed by atoms with Crippen molar-refractivity contribution in [2.45, 2.75) is 25.9 Å². The van der Waals surface area contributed by atoms with Gasteiger partial charge in [0.15, 0.2) is 0 Å². The maximum atomic E-state index is 11.1. The fourth-order valence-electron chi connectivity index (χ4n) is 0.798. The van der Waals surface area contributed by atoms with Crippen molar-refractivity contribution in [3.8, 4) is 0 Å². The molecular formula is C7H10NOS. The molecule has 1 aromatic rings. The van der Waals surface area contributed by atoms with Crippen LogP contribution >= 0.6 is 11.5 Å². The van der Waals surface area contributed by atoms with Crippen molar-refractivity contribution < 1.29 is 5.11 Å². The Kier molecular flexibility index (Phi) is 2.83. The highest BCUT2D eigenvalue weighted by Gasteiger charge is 2.08. The van der Waals surface area contributed by atoms with Gasteiger partial charge < -0.3 is 0 Å². The number of nitrogens with zero attached hydrogens (tertiary/aromatic N) is 1. The van der Waals surface area contributed by atoms with Crippen molar-refractivity contribution in [1.29, 1.82) is 0 Å². The van der Waals surface area contributed by atoms with E-state index in [4.69, 9.17) is 0 Å². The Balaban J connectivity index is 2.50. The maximum absolute atomic E-state index is 11.1. The summed E-state index contributed by atoms with van der Waals surface area (Å²) in [6.45, 7) is 2.01. The Hall–Kier alpha value is -0.410. The molecule has 0 aliphatic rings. The molecular weight excluding hydrogens is 146 g/mol. The minimum atomic E-state index is -0.601. The van der Waals surface area contributed by atoms with Crippen molar-refractivity contribution in [2.75, 3.05) is 0 Å². The van der Waals surface area contributed by atoms with E-state index < -0.39 is 6.10 Å². The van der Waals surface area contributed by atoms with Gasteiger partial charge in [0.1, 0.15) is 6.10 Å². The molecule has 0 fully saturated rings. The van der Waals surface area contributed by atoms with Crippen molar-refractivity contribution in [3.63, 3.8) is 0 Å². The highest BCUT2D eigenvalue weighted by molar-refractivity contribution is 7.03. The quantitative estimate of drug-likeness (QED) is 0.661. The third-order valence-corrected chi connectivity index (χ3v) is 1.91. The summed E-state index contributed by atoms with van der Waals surface area (Å²) in [5, 5.41) is 13.0. The van der Waals surface area contributed by atoms with Crippen LogP contribution in [-0.2, 0) is 5.11 Å². The smallest absolute Gasteiger partial charge is 0.136 e. The number of aromatic nitrogens is 1. The van der Waals surface area contributed by atoms with E-state index >= 15 is 0 Å². The van der Waals surface area contributed by atoms with E-state index in [2.05, 4.69) is 4.37 Å². The van der Waals surface area contributed by atoms with Crippen LogP contribution in [0.2, 0.25) is 0 Å². The molecule has 0 aliphatic carbocycles. The Morgan fingerprint density at radius 3 is 3.10 bits per heavy atom. The first-order chi connectivity index (χ1) is 4.84. The minimum Gasteiger partial charge on any atom is -0.226 e. The topological polar surface area (TPSA) is 32.8 Å². The fourth-order valence-corrected chi connectivity index (χ4v) is 1.36. The molecule has 0 aromatic carbocycles. The molecule has 1 heterocycles. The lowest BCUT2D eigenvalue weighted by Crippen LogP contribution is -1.93. The predicted molar refractivity (Wildman–Crippen MR) is 40.4 cm³/mol. The Morgan fingerprint density at radius 2 is 2.60 bits per heavy atom. The van der Waals surface area contributed by atoms with Gasteiger partial charge >= 0.3 is 0 Å². The third kappa shape index (κ3) is 1.78. The Labute approximate surface area is 64.7 Å². The molecule has 0 spiro atoms. The number of hydrogen-bond donors (Lipinski definition) is 0. The summed E-state index contributed by atoms with van der Waals surface area (Å²) in [7, 11) is 0. The Bertz CT molecular complexity index is 174. The summed E-state index contributed by atoms with van der Waals surface area (Å²) in [6, 6.07) is 1.80. The van der Waals surface area contributed by atoms with Crippen LogP contribution in [0.5, 0.6) is 0 Å². The second-order valence-corrected chi connectivity index (χ2v) is 2.87. The highest BCUT2D eigenvalue weighted by Crippen LogP contribution is 2.17. The van der Waals surface area contributed by atoms with Gasteiger partial charge in [-0.05, 0) is 24.0 Å². The first kappa shape index (κ1) is 7.69. The largest absolute Gasteiger partial charge is 0.226 e. The third-order valence-electron chi connectivity index (χ3n) is 1.34. The van der Waals surface area contributed by atoms with E-state index in [1.807, 2.05) is 12.3 Å². The maximum Gasteiger partial charge on any atom is 0.136 e. The summed E-state index contributed by atoms with van der Waals surface area (Å²) in [6.07, 6.45) is 1.03. The van der Waals surface area contributed by atoms with Crippen molar-refractivity contribution in [1.82, 2.24) is 4.37 Å². The normalized spacial score (nSPS) is 13.4. The van der Waals surface area contributed by atoms with Gasteiger partial charge in [0.05, 0.1) is 5.69 Å². The second-order valence-electron chi connectivity index (χ2n) is 2.20. The minimum absolute atomic E-state index is 0.601. The lowest BCUT2D eigenvalue weighted by Gasteiger charge is -2.00. The lowest BCUT2D eigenvalue weighted by molar-refractivity contribution is 0.0776.